The van der Waals surface area contributed by atoms with Gasteiger partial charge in [0, 0.05) is 11.4 Å². The van der Waals surface area contributed by atoms with Crippen molar-refractivity contribution in [1.29, 1.82) is 0 Å². The van der Waals surface area contributed by atoms with Crippen LogP contribution in [0.4, 0.5) is 20.2 Å². The molecule has 0 saturated heterocycles. The van der Waals surface area contributed by atoms with Crippen LogP contribution in [0.2, 0.25) is 0 Å². The normalized spacial score (nSPS) is 10.3. The molecular formula is C13H9BrF2N2O. The Kier molecular flexibility index (Phi) is 3.80. The average Bonchev–Trinajstić information content (AvgIpc) is 2.33. The zero-order valence-electron chi connectivity index (χ0n) is 9.58. The number of nitrogens with one attached hydrogen (secondary N) is 1. The van der Waals surface area contributed by atoms with Crippen molar-refractivity contribution in [2.24, 2.45) is 0 Å². The van der Waals surface area contributed by atoms with E-state index in [9.17, 15) is 13.6 Å². The van der Waals surface area contributed by atoms with Gasteiger partial charge in [-0.3, -0.25) is 4.79 Å². The highest BCUT2D eigenvalue weighted by Gasteiger charge is 2.12. The van der Waals surface area contributed by atoms with E-state index in [2.05, 4.69) is 21.2 Å². The average molecular weight is 327 g/mol. The van der Waals surface area contributed by atoms with Gasteiger partial charge in [0.05, 0.1) is 10.0 Å². The van der Waals surface area contributed by atoms with E-state index in [0.29, 0.717) is 5.69 Å². The zero-order chi connectivity index (χ0) is 14.0. The van der Waals surface area contributed by atoms with Crippen molar-refractivity contribution < 1.29 is 13.6 Å². The predicted molar refractivity (Wildman–Crippen MR) is 72.9 cm³/mol. The predicted octanol–water partition coefficient (Wildman–Crippen LogP) is 3.56. The number of carbonyl (C=O) groups excluding carboxylic acids is 1. The third-order valence-electron chi connectivity index (χ3n) is 2.42. The minimum absolute atomic E-state index is 0.130. The Balaban J connectivity index is 2.23. The lowest BCUT2D eigenvalue weighted by Gasteiger charge is -2.07. The van der Waals surface area contributed by atoms with Gasteiger partial charge < -0.3 is 11.1 Å². The topological polar surface area (TPSA) is 55.1 Å². The van der Waals surface area contributed by atoms with E-state index in [1.807, 2.05) is 0 Å². The van der Waals surface area contributed by atoms with Crippen molar-refractivity contribution in [3.05, 3.63) is 58.1 Å². The van der Waals surface area contributed by atoms with E-state index in [4.69, 9.17) is 5.73 Å². The second-order valence-electron chi connectivity index (χ2n) is 3.82. The van der Waals surface area contributed by atoms with Crippen LogP contribution in [0.25, 0.3) is 0 Å². The molecule has 3 N–H and O–H groups in total. The lowest BCUT2D eigenvalue weighted by Crippen LogP contribution is -2.14. The molecule has 0 spiro atoms. The Hall–Kier alpha value is -1.95. The Bertz CT molecular complexity index is 647. The van der Waals surface area contributed by atoms with Gasteiger partial charge in [-0.2, -0.15) is 0 Å². The fourth-order valence-electron chi connectivity index (χ4n) is 1.49. The highest BCUT2D eigenvalue weighted by molar-refractivity contribution is 9.10. The highest BCUT2D eigenvalue weighted by Crippen LogP contribution is 2.21. The maximum Gasteiger partial charge on any atom is 0.258 e. The van der Waals surface area contributed by atoms with E-state index >= 15 is 0 Å². The van der Waals surface area contributed by atoms with Gasteiger partial charge in [0.1, 0.15) is 11.6 Å². The van der Waals surface area contributed by atoms with Crippen LogP contribution in [-0.2, 0) is 0 Å². The summed E-state index contributed by atoms with van der Waals surface area (Å²) in [6, 6.07) is 7.75. The fraction of sp³-hybridized carbons (Fsp3) is 0. The summed E-state index contributed by atoms with van der Waals surface area (Å²) in [6.45, 7) is 0. The van der Waals surface area contributed by atoms with Crippen molar-refractivity contribution in [3.8, 4) is 0 Å². The van der Waals surface area contributed by atoms with Crippen LogP contribution in [0.3, 0.4) is 0 Å². The zero-order valence-corrected chi connectivity index (χ0v) is 11.2. The number of nitrogens with two attached hydrogens (primary N) is 1. The van der Waals surface area contributed by atoms with E-state index in [1.165, 1.54) is 30.3 Å². The number of hydrogen-bond acceptors (Lipinski definition) is 2. The molecule has 2 aromatic rings. The van der Waals surface area contributed by atoms with Crippen LogP contribution in [0.1, 0.15) is 10.4 Å². The number of anilines is 2. The Labute approximate surface area is 116 Å². The van der Waals surface area contributed by atoms with E-state index in [0.717, 1.165) is 6.07 Å². The van der Waals surface area contributed by atoms with E-state index < -0.39 is 17.5 Å². The largest absolute Gasteiger partial charge is 0.399 e. The summed E-state index contributed by atoms with van der Waals surface area (Å²) in [6.07, 6.45) is 0. The maximum absolute atomic E-state index is 13.5. The molecule has 0 aromatic heterocycles. The van der Waals surface area contributed by atoms with Crippen LogP contribution in [0.5, 0.6) is 0 Å². The number of benzene rings is 2. The van der Waals surface area contributed by atoms with Crippen LogP contribution in [0, 0.1) is 11.6 Å². The first-order chi connectivity index (χ1) is 8.97. The van der Waals surface area contributed by atoms with E-state index in [1.54, 1.807) is 0 Å². The Morgan fingerprint density at radius 2 is 1.84 bits per heavy atom. The summed E-state index contributed by atoms with van der Waals surface area (Å²) in [7, 11) is 0. The van der Waals surface area contributed by atoms with Crippen molar-refractivity contribution >= 4 is 33.2 Å². The van der Waals surface area contributed by atoms with Crippen LogP contribution in [0.15, 0.2) is 40.9 Å². The molecule has 98 valence electrons. The summed E-state index contributed by atoms with van der Waals surface area (Å²) < 4.78 is 26.8. The molecule has 0 saturated carbocycles. The molecule has 0 fully saturated rings. The maximum atomic E-state index is 13.5. The third kappa shape index (κ3) is 3.08. The quantitative estimate of drug-likeness (QED) is 0.829. The fourth-order valence-corrected chi connectivity index (χ4v) is 1.87. The van der Waals surface area contributed by atoms with Gasteiger partial charge in [-0.1, -0.05) is 0 Å². The standard InChI is InChI=1S/C13H9BrF2N2O/c14-10-6-8(2-4-11(10)15)18-13(19)9-3-1-7(17)5-12(9)16/h1-6H,17H2,(H,18,19). The van der Waals surface area contributed by atoms with Gasteiger partial charge in [-0.05, 0) is 52.3 Å². The number of hydrogen-bond donors (Lipinski definition) is 2. The first-order valence-electron chi connectivity index (χ1n) is 5.29. The smallest absolute Gasteiger partial charge is 0.258 e. The summed E-state index contributed by atoms with van der Waals surface area (Å²) in [5.74, 6) is -1.79. The first-order valence-corrected chi connectivity index (χ1v) is 6.08. The first kappa shape index (κ1) is 13.5. The molecule has 0 aliphatic rings. The molecule has 0 atom stereocenters. The molecule has 0 heterocycles. The van der Waals surface area contributed by atoms with Gasteiger partial charge in [0.2, 0.25) is 0 Å². The molecule has 0 bridgehead atoms. The molecule has 0 aliphatic heterocycles. The molecule has 0 radical (unpaired) electrons. The van der Waals surface area contributed by atoms with Crippen molar-refractivity contribution in [2.45, 2.75) is 0 Å². The van der Waals surface area contributed by atoms with Gasteiger partial charge >= 0.3 is 0 Å². The van der Waals surface area contributed by atoms with Gasteiger partial charge in [0.25, 0.3) is 5.91 Å². The second kappa shape index (κ2) is 5.36. The molecule has 1 amide bonds. The molecule has 2 rings (SSSR count). The molecule has 6 heteroatoms. The monoisotopic (exact) mass is 326 g/mol. The molecule has 2 aromatic carbocycles. The number of nitrogen functional groups attached to an aromatic ring is 1. The van der Waals surface area contributed by atoms with Crippen LogP contribution < -0.4 is 11.1 Å². The lowest BCUT2D eigenvalue weighted by atomic mass is 10.1. The molecule has 0 aliphatic carbocycles. The molecule has 3 nitrogen and oxygen atoms in total. The number of rotatable bonds is 2. The summed E-state index contributed by atoms with van der Waals surface area (Å²) in [5.41, 5.74) is 5.86. The van der Waals surface area contributed by atoms with Gasteiger partial charge in [-0.25, -0.2) is 8.78 Å². The third-order valence-corrected chi connectivity index (χ3v) is 3.02. The minimum Gasteiger partial charge on any atom is -0.399 e. The van der Waals surface area contributed by atoms with Crippen LogP contribution in [-0.4, -0.2) is 5.91 Å². The minimum atomic E-state index is -0.710. The lowest BCUT2D eigenvalue weighted by molar-refractivity contribution is 0.102. The molecule has 19 heavy (non-hydrogen) atoms. The van der Waals surface area contributed by atoms with Crippen molar-refractivity contribution in [3.63, 3.8) is 0 Å². The van der Waals surface area contributed by atoms with Gasteiger partial charge in [0.15, 0.2) is 0 Å². The van der Waals surface area contributed by atoms with Crippen molar-refractivity contribution in [1.82, 2.24) is 0 Å². The number of amides is 1. The SMILES string of the molecule is Nc1ccc(C(=O)Nc2ccc(F)c(Br)c2)c(F)c1. The molecule has 0 unspecified atom stereocenters. The Morgan fingerprint density at radius 1 is 1.11 bits per heavy atom. The summed E-state index contributed by atoms with van der Waals surface area (Å²) in [5, 5.41) is 2.47. The van der Waals surface area contributed by atoms with Crippen LogP contribution >= 0.6 is 15.9 Å². The summed E-state index contributed by atoms with van der Waals surface area (Å²) in [4.78, 5) is 11.8. The number of halogens is 3. The summed E-state index contributed by atoms with van der Waals surface area (Å²) >= 11 is 3.00. The Morgan fingerprint density at radius 3 is 2.47 bits per heavy atom. The van der Waals surface area contributed by atoms with Crippen molar-refractivity contribution in [2.75, 3.05) is 11.1 Å². The molecular weight excluding hydrogens is 318 g/mol. The number of carbonyl (C=O) groups is 1. The van der Waals surface area contributed by atoms with E-state index in [-0.39, 0.29) is 15.7 Å². The van der Waals surface area contributed by atoms with Gasteiger partial charge in [-0.15, -0.1) is 0 Å². The second-order valence-corrected chi connectivity index (χ2v) is 4.68. The highest BCUT2D eigenvalue weighted by atomic mass is 79.9.